The van der Waals surface area contributed by atoms with Gasteiger partial charge in [0.15, 0.2) is 5.79 Å². The molecule has 0 amide bonds. The van der Waals surface area contributed by atoms with Gasteiger partial charge in [-0.25, -0.2) is 0 Å². The molecule has 0 radical (unpaired) electrons. The van der Waals surface area contributed by atoms with E-state index in [0.717, 1.165) is 13.0 Å². The first-order valence-corrected chi connectivity index (χ1v) is 7.76. The highest BCUT2D eigenvalue weighted by atomic mass is 16.7. The third-order valence-electron chi connectivity index (χ3n) is 4.48. The largest absolute Gasteiger partial charge is 0.481 e. The highest BCUT2D eigenvalue weighted by Gasteiger charge is 2.39. The van der Waals surface area contributed by atoms with Crippen molar-refractivity contribution in [3.05, 3.63) is 0 Å². The molecular weight excluding hydrogens is 258 g/mol. The summed E-state index contributed by atoms with van der Waals surface area (Å²) in [6, 6.07) is 0. The van der Waals surface area contributed by atoms with Crippen molar-refractivity contribution in [1.29, 1.82) is 0 Å². The SMILES string of the molecule is CCN1CCC(CC2(C)OCC(CCC(=O)O)O2)CC1. The summed E-state index contributed by atoms with van der Waals surface area (Å²) in [5.41, 5.74) is 0. The van der Waals surface area contributed by atoms with Crippen LogP contribution in [0.1, 0.15) is 46.0 Å². The number of ether oxygens (including phenoxy) is 2. The molecule has 0 saturated carbocycles. The molecule has 2 aliphatic heterocycles. The van der Waals surface area contributed by atoms with Crippen LogP contribution in [0.4, 0.5) is 0 Å². The number of carboxylic acid groups (broad SMARTS) is 1. The second-order valence-corrected chi connectivity index (χ2v) is 6.20. The average Bonchev–Trinajstić information content (AvgIpc) is 2.79. The fourth-order valence-electron chi connectivity index (χ4n) is 3.25. The maximum absolute atomic E-state index is 10.6. The molecule has 2 fully saturated rings. The number of likely N-dealkylation sites (tertiary alicyclic amines) is 1. The molecule has 5 heteroatoms. The van der Waals surface area contributed by atoms with Crippen LogP contribution in [0.15, 0.2) is 0 Å². The first kappa shape index (κ1) is 15.7. The number of piperidine rings is 1. The van der Waals surface area contributed by atoms with Gasteiger partial charge in [0.1, 0.15) is 0 Å². The molecule has 116 valence electrons. The molecule has 2 aliphatic rings. The molecule has 0 bridgehead atoms. The Hall–Kier alpha value is -0.650. The molecular formula is C15H27NO4. The predicted octanol–water partition coefficient (Wildman–Crippen LogP) is 2.10. The molecule has 0 aliphatic carbocycles. The van der Waals surface area contributed by atoms with Crippen molar-refractivity contribution < 1.29 is 19.4 Å². The lowest BCUT2D eigenvalue weighted by Crippen LogP contribution is -2.37. The van der Waals surface area contributed by atoms with Crippen LogP contribution < -0.4 is 0 Å². The number of rotatable bonds is 6. The van der Waals surface area contributed by atoms with Gasteiger partial charge in [0, 0.05) is 12.8 Å². The minimum atomic E-state index is -0.769. The third-order valence-corrected chi connectivity index (χ3v) is 4.48. The highest BCUT2D eigenvalue weighted by Crippen LogP contribution is 2.34. The lowest BCUT2D eigenvalue weighted by molar-refractivity contribution is -0.170. The molecule has 5 nitrogen and oxygen atoms in total. The van der Waals surface area contributed by atoms with E-state index >= 15 is 0 Å². The van der Waals surface area contributed by atoms with Crippen LogP contribution in [0.3, 0.4) is 0 Å². The van der Waals surface area contributed by atoms with E-state index in [1.807, 2.05) is 6.92 Å². The minimum absolute atomic E-state index is 0.0631. The van der Waals surface area contributed by atoms with E-state index in [4.69, 9.17) is 14.6 Å². The smallest absolute Gasteiger partial charge is 0.303 e. The van der Waals surface area contributed by atoms with Crippen LogP contribution >= 0.6 is 0 Å². The lowest BCUT2D eigenvalue weighted by atomic mass is 9.90. The van der Waals surface area contributed by atoms with E-state index in [0.29, 0.717) is 18.9 Å². The molecule has 0 aromatic heterocycles. The first-order chi connectivity index (χ1) is 9.50. The van der Waals surface area contributed by atoms with Crippen LogP contribution in [0, 0.1) is 5.92 Å². The minimum Gasteiger partial charge on any atom is -0.481 e. The van der Waals surface area contributed by atoms with Crippen LogP contribution in [0.25, 0.3) is 0 Å². The predicted molar refractivity (Wildman–Crippen MR) is 75.6 cm³/mol. The van der Waals surface area contributed by atoms with Gasteiger partial charge < -0.3 is 19.5 Å². The maximum atomic E-state index is 10.6. The van der Waals surface area contributed by atoms with E-state index in [9.17, 15) is 4.79 Å². The Labute approximate surface area is 121 Å². The Balaban J connectivity index is 1.74. The summed E-state index contributed by atoms with van der Waals surface area (Å²) in [4.78, 5) is 13.1. The maximum Gasteiger partial charge on any atom is 0.303 e. The zero-order valence-electron chi connectivity index (χ0n) is 12.6. The van der Waals surface area contributed by atoms with Crippen molar-refractivity contribution in [2.45, 2.75) is 57.8 Å². The van der Waals surface area contributed by atoms with Gasteiger partial charge in [-0.15, -0.1) is 0 Å². The summed E-state index contributed by atoms with van der Waals surface area (Å²) in [7, 11) is 0. The molecule has 0 aromatic rings. The van der Waals surface area contributed by atoms with Crippen molar-refractivity contribution in [3.8, 4) is 0 Å². The van der Waals surface area contributed by atoms with Crippen LogP contribution in [-0.2, 0) is 14.3 Å². The first-order valence-electron chi connectivity index (χ1n) is 7.76. The second-order valence-electron chi connectivity index (χ2n) is 6.20. The molecule has 0 aromatic carbocycles. The summed E-state index contributed by atoms with van der Waals surface area (Å²) >= 11 is 0. The van der Waals surface area contributed by atoms with Gasteiger partial charge in [-0.3, -0.25) is 4.79 Å². The molecule has 1 N–H and O–H groups in total. The summed E-state index contributed by atoms with van der Waals surface area (Å²) in [5.74, 6) is -0.627. The van der Waals surface area contributed by atoms with E-state index in [1.165, 1.54) is 25.9 Å². The van der Waals surface area contributed by atoms with Gasteiger partial charge in [-0.1, -0.05) is 6.92 Å². The fourth-order valence-corrected chi connectivity index (χ4v) is 3.25. The van der Waals surface area contributed by atoms with Crippen molar-refractivity contribution in [1.82, 2.24) is 4.90 Å². The van der Waals surface area contributed by atoms with E-state index in [2.05, 4.69) is 11.8 Å². The zero-order valence-corrected chi connectivity index (χ0v) is 12.6. The summed E-state index contributed by atoms with van der Waals surface area (Å²) in [5, 5.41) is 8.71. The number of hydrogen-bond donors (Lipinski definition) is 1. The molecule has 0 spiro atoms. The standard InChI is InChI=1S/C15H27NO4/c1-3-16-8-6-12(7-9-16)10-15(2)19-11-13(20-15)4-5-14(17)18/h12-13H,3-11H2,1-2H3,(H,17,18). The van der Waals surface area contributed by atoms with Crippen LogP contribution in [-0.4, -0.2) is 54.1 Å². The number of hydrogen-bond acceptors (Lipinski definition) is 4. The Bertz CT molecular complexity index is 328. The van der Waals surface area contributed by atoms with Crippen molar-refractivity contribution in [3.63, 3.8) is 0 Å². The highest BCUT2D eigenvalue weighted by molar-refractivity contribution is 5.66. The molecule has 2 unspecified atom stereocenters. The van der Waals surface area contributed by atoms with Crippen molar-refractivity contribution >= 4 is 5.97 Å². The Morgan fingerprint density at radius 1 is 1.40 bits per heavy atom. The van der Waals surface area contributed by atoms with Gasteiger partial charge in [0.25, 0.3) is 0 Å². The van der Waals surface area contributed by atoms with Gasteiger partial charge in [-0.05, 0) is 51.7 Å². The van der Waals surface area contributed by atoms with Gasteiger partial charge in [0.2, 0.25) is 0 Å². The second kappa shape index (κ2) is 6.87. The number of carboxylic acids is 1. The number of carbonyl (C=O) groups is 1. The van der Waals surface area contributed by atoms with Crippen molar-refractivity contribution in [2.75, 3.05) is 26.2 Å². The van der Waals surface area contributed by atoms with Crippen molar-refractivity contribution in [2.24, 2.45) is 5.92 Å². The zero-order chi connectivity index (χ0) is 14.6. The van der Waals surface area contributed by atoms with Crippen LogP contribution in [0.2, 0.25) is 0 Å². The Kier molecular flexibility index (Phi) is 5.41. The third kappa shape index (κ3) is 4.43. The molecule has 2 heterocycles. The summed E-state index contributed by atoms with van der Waals surface area (Å²) in [6.45, 7) is 8.20. The summed E-state index contributed by atoms with van der Waals surface area (Å²) < 4.78 is 11.8. The summed E-state index contributed by atoms with van der Waals surface area (Å²) in [6.07, 6.45) is 3.96. The van der Waals surface area contributed by atoms with Gasteiger partial charge >= 0.3 is 5.97 Å². The van der Waals surface area contributed by atoms with E-state index in [1.54, 1.807) is 0 Å². The van der Waals surface area contributed by atoms with E-state index < -0.39 is 11.8 Å². The van der Waals surface area contributed by atoms with Gasteiger partial charge in [0.05, 0.1) is 12.7 Å². The molecule has 20 heavy (non-hydrogen) atoms. The Morgan fingerprint density at radius 3 is 2.70 bits per heavy atom. The monoisotopic (exact) mass is 285 g/mol. The number of nitrogens with zero attached hydrogens (tertiary/aromatic N) is 1. The van der Waals surface area contributed by atoms with Gasteiger partial charge in [-0.2, -0.15) is 0 Å². The lowest BCUT2D eigenvalue weighted by Gasteiger charge is -2.35. The molecule has 2 atom stereocenters. The fraction of sp³-hybridized carbons (Fsp3) is 0.933. The number of aliphatic carboxylic acids is 1. The normalized spacial score (nSPS) is 32.6. The topological polar surface area (TPSA) is 59.0 Å². The Morgan fingerprint density at radius 2 is 2.10 bits per heavy atom. The quantitative estimate of drug-likeness (QED) is 0.810. The molecule has 2 rings (SSSR count). The average molecular weight is 285 g/mol. The molecule has 2 saturated heterocycles. The van der Waals surface area contributed by atoms with E-state index in [-0.39, 0.29) is 12.5 Å². The van der Waals surface area contributed by atoms with Crippen LogP contribution in [0.5, 0.6) is 0 Å².